The average molecular weight is 475 g/mol. The van der Waals surface area contributed by atoms with Gasteiger partial charge in [0.2, 0.25) is 0 Å². The molecule has 2 aromatic rings. The van der Waals surface area contributed by atoms with E-state index in [0.29, 0.717) is 0 Å². The maximum Gasteiger partial charge on any atom is -0.147 e. The monoisotopic (exact) mass is 472 g/mol. The van der Waals surface area contributed by atoms with Crippen molar-refractivity contribution in [2.45, 2.75) is 25.7 Å². The molecule has 0 amide bonds. The molecule has 0 saturated heterocycles. The van der Waals surface area contributed by atoms with Gasteiger partial charge in [-0.3, -0.25) is 0 Å². The van der Waals surface area contributed by atoms with Gasteiger partial charge in [0.05, 0.1) is 0 Å². The van der Waals surface area contributed by atoms with Gasteiger partial charge in [-0.2, -0.15) is 0 Å². The van der Waals surface area contributed by atoms with Gasteiger partial charge >= 0.3 is 163 Å². The van der Waals surface area contributed by atoms with Crippen molar-refractivity contribution in [3.8, 4) is 0 Å². The van der Waals surface area contributed by atoms with Crippen molar-refractivity contribution in [2.24, 2.45) is 0 Å². The molecule has 2 aliphatic carbocycles. The Bertz CT molecular complexity index is 788. The van der Waals surface area contributed by atoms with Crippen LogP contribution in [0.15, 0.2) is 103 Å². The van der Waals surface area contributed by atoms with Gasteiger partial charge in [0.25, 0.3) is 0 Å². The fourth-order valence-corrected chi connectivity index (χ4v) is 7.12. The van der Waals surface area contributed by atoms with Crippen LogP contribution in [0, 0.1) is 0 Å². The first kappa shape index (κ1) is 22.2. The van der Waals surface area contributed by atoms with Crippen LogP contribution in [0.2, 0.25) is 0 Å². The van der Waals surface area contributed by atoms with Crippen LogP contribution in [0.4, 0.5) is 0 Å². The minimum absolute atomic E-state index is 0. The second-order valence-corrected chi connectivity index (χ2v) is 10.3. The van der Waals surface area contributed by atoms with Gasteiger partial charge in [-0.1, -0.05) is 0 Å². The first-order valence-corrected chi connectivity index (χ1v) is 11.5. The first-order chi connectivity index (χ1) is 12.4. The standard InChI is InChI=1S/2C12H11.2ClH.Zr/c2*1-2-6-11(7-3-1)10-12-8-4-5-9-12;;;/h2*1-4,6-8H,5,10H2;2*1H;. The van der Waals surface area contributed by atoms with Crippen LogP contribution in [0.3, 0.4) is 0 Å². The molecule has 0 nitrogen and oxygen atoms in total. The molecule has 2 aliphatic rings. The van der Waals surface area contributed by atoms with Crippen LogP contribution in [0.5, 0.6) is 0 Å². The molecule has 0 heterocycles. The van der Waals surface area contributed by atoms with E-state index in [1.165, 1.54) is 24.0 Å². The topological polar surface area (TPSA) is 0 Å². The van der Waals surface area contributed by atoms with Crippen LogP contribution in [0.25, 0.3) is 0 Å². The van der Waals surface area contributed by atoms with Crippen LogP contribution in [0.1, 0.15) is 24.0 Å². The summed E-state index contributed by atoms with van der Waals surface area (Å²) < 4.78 is 3.55. The Morgan fingerprint density at radius 2 is 1.00 bits per heavy atom. The van der Waals surface area contributed by atoms with Gasteiger partial charge in [0, 0.05) is 0 Å². The fourth-order valence-electron chi connectivity index (χ4n) is 3.51. The summed E-state index contributed by atoms with van der Waals surface area (Å²) in [5.74, 6) is 0. The molecule has 0 aromatic heterocycles. The summed E-state index contributed by atoms with van der Waals surface area (Å²) in [6.45, 7) is 0. The van der Waals surface area contributed by atoms with E-state index in [4.69, 9.17) is 0 Å². The Morgan fingerprint density at radius 1 is 0.593 bits per heavy atom. The predicted octanol–water partition coefficient (Wildman–Crippen LogP) is 6.83. The van der Waals surface area contributed by atoms with E-state index < -0.39 is 23.2 Å². The second-order valence-electron chi connectivity index (χ2n) is 6.67. The van der Waals surface area contributed by atoms with Crippen molar-refractivity contribution in [3.63, 3.8) is 0 Å². The molecule has 4 rings (SSSR count). The van der Waals surface area contributed by atoms with Crippen LogP contribution >= 0.6 is 24.8 Å². The summed E-state index contributed by atoms with van der Waals surface area (Å²) in [6, 6.07) is 21.8. The second kappa shape index (κ2) is 11.0. The van der Waals surface area contributed by atoms with Crippen molar-refractivity contribution in [3.05, 3.63) is 114 Å². The zero-order valence-electron chi connectivity index (χ0n) is 15.2. The number of halogens is 2. The van der Waals surface area contributed by atoms with E-state index in [1.54, 1.807) is 17.7 Å². The number of hydrogen-bond acceptors (Lipinski definition) is 0. The van der Waals surface area contributed by atoms with Gasteiger partial charge in [0.1, 0.15) is 0 Å². The van der Waals surface area contributed by atoms with E-state index in [2.05, 4.69) is 85.0 Å². The van der Waals surface area contributed by atoms with Gasteiger partial charge in [-0.25, -0.2) is 0 Å². The minimum Gasteiger partial charge on any atom is -0.147 e. The van der Waals surface area contributed by atoms with Gasteiger partial charge in [-0.05, 0) is 0 Å². The maximum absolute atomic E-state index is 2.38. The molecule has 0 aliphatic heterocycles. The van der Waals surface area contributed by atoms with Crippen molar-refractivity contribution in [1.29, 1.82) is 0 Å². The summed E-state index contributed by atoms with van der Waals surface area (Å²) in [6.07, 6.45) is 14.1. The van der Waals surface area contributed by atoms with Gasteiger partial charge in [0.15, 0.2) is 0 Å². The smallest absolute Gasteiger partial charge is 0.147 e. The summed E-state index contributed by atoms with van der Waals surface area (Å²) >= 11 is -0.655. The molecule has 3 heteroatoms. The first-order valence-electron chi connectivity index (χ1n) is 9.00. The third-order valence-electron chi connectivity index (χ3n) is 4.83. The normalized spacial score (nSPS) is 15.0. The molecule has 0 radical (unpaired) electrons. The number of allylic oxidation sites excluding steroid dienone is 8. The molecule has 0 bridgehead atoms. The molecule has 0 fully saturated rings. The van der Waals surface area contributed by atoms with Crippen molar-refractivity contribution in [1.82, 2.24) is 0 Å². The molecule has 0 spiro atoms. The molecular weight excluding hydrogens is 450 g/mol. The van der Waals surface area contributed by atoms with E-state index >= 15 is 0 Å². The summed E-state index contributed by atoms with van der Waals surface area (Å²) in [7, 11) is 0. The van der Waals surface area contributed by atoms with Crippen LogP contribution in [-0.2, 0) is 36.1 Å². The van der Waals surface area contributed by atoms with E-state index in [9.17, 15) is 0 Å². The Balaban J connectivity index is 0.00000131. The number of rotatable bonds is 6. The Hall–Kier alpha value is -1.14. The maximum atomic E-state index is 2.38. The zero-order valence-corrected chi connectivity index (χ0v) is 19.3. The summed E-state index contributed by atoms with van der Waals surface area (Å²) in [5.41, 5.74) is 6.06. The molecule has 0 atom stereocenters. The largest absolute Gasteiger partial charge is 0.147 e. The quantitative estimate of drug-likeness (QED) is 0.431. The van der Waals surface area contributed by atoms with Crippen molar-refractivity contribution in [2.75, 3.05) is 0 Å². The molecule has 27 heavy (non-hydrogen) atoms. The molecule has 0 N–H and O–H groups in total. The van der Waals surface area contributed by atoms with E-state index in [-0.39, 0.29) is 24.8 Å². The summed E-state index contributed by atoms with van der Waals surface area (Å²) in [4.78, 5) is 0. The van der Waals surface area contributed by atoms with E-state index in [1.807, 2.05) is 0 Å². The van der Waals surface area contributed by atoms with E-state index in [0.717, 1.165) is 12.8 Å². The van der Waals surface area contributed by atoms with Crippen LogP contribution in [-0.4, -0.2) is 0 Å². The molecular formula is C24H24Cl2Zr. The minimum atomic E-state index is -0.655. The molecule has 0 saturated carbocycles. The molecule has 0 unspecified atom stereocenters. The Kier molecular flexibility index (Phi) is 9.03. The van der Waals surface area contributed by atoms with Gasteiger partial charge in [-0.15, -0.1) is 24.8 Å². The Labute approximate surface area is 186 Å². The van der Waals surface area contributed by atoms with Gasteiger partial charge < -0.3 is 0 Å². The third kappa shape index (κ3) is 5.92. The molecule has 138 valence electrons. The Morgan fingerprint density at radius 3 is 1.41 bits per heavy atom. The molecule has 2 aromatic carbocycles. The third-order valence-corrected chi connectivity index (χ3v) is 8.90. The average Bonchev–Trinajstić information content (AvgIpc) is 3.27. The zero-order chi connectivity index (χ0) is 16.9. The van der Waals surface area contributed by atoms with Crippen LogP contribution < -0.4 is 0 Å². The summed E-state index contributed by atoms with van der Waals surface area (Å²) in [5, 5.41) is 0. The fraction of sp³-hybridized carbons (Fsp3) is 0.167. The number of hydrogen-bond donors (Lipinski definition) is 0. The SMILES string of the molecule is C1=CC(Cc2ccccc2)=[C]([Zr][C]2=C(Cc3ccccc3)C=CC2)C1.Cl.Cl. The number of benzene rings is 2. The van der Waals surface area contributed by atoms with Crippen molar-refractivity contribution >= 4 is 24.8 Å². The van der Waals surface area contributed by atoms with Crippen molar-refractivity contribution < 1.29 is 23.2 Å². The predicted molar refractivity (Wildman–Crippen MR) is 116 cm³/mol.